The van der Waals surface area contributed by atoms with Gasteiger partial charge in [-0.2, -0.15) is 0 Å². The van der Waals surface area contributed by atoms with Crippen LogP contribution >= 0.6 is 0 Å². The summed E-state index contributed by atoms with van der Waals surface area (Å²) >= 11 is 0. The summed E-state index contributed by atoms with van der Waals surface area (Å²) in [4.78, 5) is 27.7. The Labute approximate surface area is 212 Å². The number of fused-ring (bicyclic) bond motifs is 1. The number of carbonyl (C=O) groups excluding carboxylic acids is 1. The third kappa shape index (κ3) is 5.53. The monoisotopic (exact) mass is 504 g/mol. The van der Waals surface area contributed by atoms with Crippen LogP contribution in [0.25, 0.3) is 17.3 Å². The molecule has 4 rings (SSSR count). The van der Waals surface area contributed by atoms with Gasteiger partial charge in [0.1, 0.15) is 29.5 Å². The fourth-order valence-corrected chi connectivity index (χ4v) is 4.08. The number of carboxylic acids is 1. The van der Waals surface area contributed by atoms with Crippen LogP contribution in [0.2, 0.25) is 0 Å². The van der Waals surface area contributed by atoms with E-state index in [1.54, 1.807) is 36.5 Å². The number of urea groups is 1. The number of ether oxygens (including phenoxy) is 2. The van der Waals surface area contributed by atoms with Crippen LogP contribution in [-0.4, -0.2) is 42.9 Å². The maximum atomic E-state index is 14.2. The molecule has 190 valence electrons. The van der Waals surface area contributed by atoms with Crippen LogP contribution in [0, 0.1) is 5.82 Å². The predicted molar refractivity (Wildman–Crippen MR) is 139 cm³/mol. The van der Waals surface area contributed by atoms with Gasteiger partial charge >= 0.3 is 12.0 Å². The number of aliphatic carboxylic acids is 1. The van der Waals surface area contributed by atoms with E-state index >= 15 is 0 Å². The molecule has 0 aliphatic heterocycles. The normalized spacial score (nSPS) is 13.2. The van der Waals surface area contributed by atoms with Crippen LogP contribution in [0.3, 0.4) is 0 Å². The molecule has 10 heteroatoms. The van der Waals surface area contributed by atoms with E-state index < -0.39 is 17.8 Å². The van der Waals surface area contributed by atoms with Crippen LogP contribution in [0.15, 0.2) is 60.4 Å². The van der Waals surface area contributed by atoms with E-state index in [1.165, 1.54) is 32.5 Å². The molecule has 1 aromatic heterocycles. The number of nitrogens with zero attached hydrogens (tertiary/aromatic N) is 1. The number of nitrogens with one attached hydrogen (secondary N) is 3. The van der Waals surface area contributed by atoms with Crippen molar-refractivity contribution in [2.45, 2.75) is 6.92 Å². The van der Waals surface area contributed by atoms with E-state index in [9.17, 15) is 14.0 Å². The highest BCUT2D eigenvalue weighted by molar-refractivity contribution is 6.08. The van der Waals surface area contributed by atoms with Gasteiger partial charge in [0.2, 0.25) is 0 Å². The summed E-state index contributed by atoms with van der Waals surface area (Å²) in [6.07, 6.45) is 4.98. The fourth-order valence-electron chi connectivity index (χ4n) is 4.08. The molecule has 37 heavy (non-hydrogen) atoms. The first-order chi connectivity index (χ1) is 17.8. The number of methoxy groups -OCH3 is 2. The van der Waals surface area contributed by atoms with Crippen molar-refractivity contribution in [3.8, 4) is 11.5 Å². The van der Waals surface area contributed by atoms with Gasteiger partial charge in [-0.15, -0.1) is 0 Å². The van der Waals surface area contributed by atoms with E-state index in [0.29, 0.717) is 39.7 Å². The molecular weight excluding hydrogens is 479 g/mol. The predicted octanol–water partition coefficient (Wildman–Crippen LogP) is 4.84. The van der Waals surface area contributed by atoms with Crippen molar-refractivity contribution < 1.29 is 28.6 Å². The molecule has 1 heterocycles. The van der Waals surface area contributed by atoms with Gasteiger partial charge in [-0.1, -0.05) is 6.07 Å². The zero-order valence-electron chi connectivity index (χ0n) is 20.4. The molecule has 2 amide bonds. The Morgan fingerprint density at radius 2 is 1.78 bits per heavy atom. The average molecular weight is 505 g/mol. The highest BCUT2D eigenvalue weighted by Gasteiger charge is 2.26. The van der Waals surface area contributed by atoms with Crippen molar-refractivity contribution in [2.75, 3.05) is 31.4 Å². The maximum absolute atomic E-state index is 14.2. The van der Waals surface area contributed by atoms with Crippen LogP contribution in [0.4, 0.5) is 20.6 Å². The van der Waals surface area contributed by atoms with E-state index in [2.05, 4.69) is 20.9 Å². The number of halogens is 1. The number of benzene rings is 2. The standard InChI is InChI=1S/C27H25FN4O5/c1-15-20(9-16-10-22(36-2)26(23(11-16)37-3)30-14-24(33)34)19-7-6-17(28)12-21(19)25(15)32-27(35)31-18-5-4-8-29-13-18/h4-13,30H,14H2,1-3H3,(H,33,34)(H2,31,32,35)/b20-9-. The smallest absolute Gasteiger partial charge is 0.323 e. The summed E-state index contributed by atoms with van der Waals surface area (Å²) in [5.41, 5.74) is 4.87. The number of aromatic nitrogens is 1. The molecule has 4 N–H and O–H groups in total. The van der Waals surface area contributed by atoms with Gasteiger partial charge in [-0.3, -0.25) is 9.78 Å². The second-order valence-electron chi connectivity index (χ2n) is 8.12. The first-order valence-corrected chi connectivity index (χ1v) is 11.2. The van der Waals surface area contributed by atoms with Crippen molar-refractivity contribution in [1.29, 1.82) is 0 Å². The Bertz CT molecular complexity index is 1390. The molecule has 0 saturated carbocycles. The largest absolute Gasteiger partial charge is 0.494 e. The number of hydrogen-bond acceptors (Lipinski definition) is 6. The van der Waals surface area contributed by atoms with Crippen molar-refractivity contribution in [2.24, 2.45) is 0 Å². The van der Waals surface area contributed by atoms with Gasteiger partial charge in [0.05, 0.1) is 31.8 Å². The Morgan fingerprint density at radius 3 is 2.41 bits per heavy atom. The van der Waals surface area contributed by atoms with Crippen molar-refractivity contribution >= 4 is 40.7 Å². The third-order valence-electron chi connectivity index (χ3n) is 5.73. The van der Waals surface area contributed by atoms with Crippen molar-refractivity contribution in [1.82, 2.24) is 10.3 Å². The molecule has 3 aromatic rings. The second-order valence-corrected chi connectivity index (χ2v) is 8.12. The zero-order valence-corrected chi connectivity index (χ0v) is 20.4. The summed E-state index contributed by atoms with van der Waals surface area (Å²) < 4.78 is 25.2. The Balaban J connectivity index is 1.73. The summed E-state index contributed by atoms with van der Waals surface area (Å²) in [6, 6.07) is 10.8. The number of allylic oxidation sites excluding steroid dienone is 2. The molecule has 9 nitrogen and oxygen atoms in total. The van der Waals surface area contributed by atoms with E-state index in [4.69, 9.17) is 14.6 Å². The lowest BCUT2D eigenvalue weighted by Gasteiger charge is -2.15. The van der Waals surface area contributed by atoms with Gasteiger partial charge in [0, 0.05) is 11.8 Å². The Kier molecular flexibility index (Phi) is 7.38. The molecule has 0 saturated heterocycles. The number of anilines is 2. The summed E-state index contributed by atoms with van der Waals surface area (Å²) in [6.45, 7) is 1.52. The topological polar surface area (TPSA) is 122 Å². The van der Waals surface area contributed by atoms with Crippen LogP contribution < -0.4 is 25.4 Å². The molecular formula is C27H25FN4O5. The number of hydrogen-bond donors (Lipinski definition) is 4. The molecule has 2 aromatic carbocycles. The molecule has 1 aliphatic carbocycles. The van der Waals surface area contributed by atoms with Gasteiger partial charge in [0.15, 0.2) is 0 Å². The minimum absolute atomic E-state index is 0.315. The number of carbonyl (C=O) groups is 2. The highest BCUT2D eigenvalue weighted by Crippen LogP contribution is 2.43. The SMILES string of the molecule is COc1cc(/C=C2/C(C)=C(NC(=O)Nc3cccnc3)c3cc(F)ccc32)cc(OC)c1NCC(=O)O. The Hall–Kier alpha value is -4.86. The lowest BCUT2D eigenvalue weighted by atomic mass is 10.00. The lowest BCUT2D eigenvalue weighted by molar-refractivity contribution is -0.134. The summed E-state index contributed by atoms with van der Waals surface area (Å²) in [5, 5.41) is 17.4. The molecule has 0 bridgehead atoms. The lowest BCUT2D eigenvalue weighted by Crippen LogP contribution is -2.27. The molecule has 0 spiro atoms. The van der Waals surface area contributed by atoms with Gasteiger partial charge in [-0.05, 0) is 71.7 Å². The molecule has 0 radical (unpaired) electrons. The zero-order chi connectivity index (χ0) is 26.5. The number of carboxylic acid groups (broad SMARTS) is 1. The van der Waals surface area contributed by atoms with E-state index in [1.807, 2.05) is 13.0 Å². The van der Waals surface area contributed by atoms with Gasteiger partial charge in [-0.25, -0.2) is 9.18 Å². The third-order valence-corrected chi connectivity index (χ3v) is 5.73. The number of pyridine rings is 1. The highest BCUT2D eigenvalue weighted by atomic mass is 19.1. The van der Waals surface area contributed by atoms with E-state index in [0.717, 1.165) is 16.7 Å². The first-order valence-electron chi connectivity index (χ1n) is 11.2. The van der Waals surface area contributed by atoms with Crippen LogP contribution in [-0.2, 0) is 4.79 Å². The van der Waals surface area contributed by atoms with E-state index in [-0.39, 0.29) is 6.54 Å². The molecule has 0 fully saturated rings. The minimum atomic E-state index is -1.03. The van der Waals surface area contributed by atoms with Crippen LogP contribution in [0.1, 0.15) is 23.6 Å². The summed E-state index contributed by atoms with van der Waals surface area (Å²) in [5.74, 6) is -0.684. The molecule has 1 aliphatic rings. The van der Waals surface area contributed by atoms with Crippen LogP contribution in [0.5, 0.6) is 11.5 Å². The average Bonchev–Trinajstić information content (AvgIpc) is 3.12. The minimum Gasteiger partial charge on any atom is -0.494 e. The van der Waals surface area contributed by atoms with Crippen molar-refractivity contribution in [3.05, 3.63) is 82.9 Å². The number of amides is 2. The van der Waals surface area contributed by atoms with Gasteiger partial charge in [0.25, 0.3) is 0 Å². The number of rotatable bonds is 8. The fraction of sp³-hybridized carbons (Fsp3) is 0.148. The molecule has 0 unspecified atom stereocenters. The Morgan fingerprint density at radius 1 is 1.05 bits per heavy atom. The summed E-state index contributed by atoms with van der Waals surface area (Å²) in [7, 11) is 2.94. The quantitative estimate of drug-likeness (QED) is 0.346. The van der Waals surface area contributed by atoms with Crippen molar-refractivity contribution in [3.63, 3.8) is 0 Å². The first kappa shape index (κ1) is 25.2. The maximum Gasteiger partial charge on any atom is 0.323 e. The van der Waals surface area contributed by atoms with Gasteiger partial charge < -0.3 is 30.5 Å². The second kappa shape index (κ2) is 10.8. The molecule has 0 atom stereocenters.